The van der Waals surface area contributed by atoms with E-state index in [2.05, 4.69) is 41.2 Å². The maximum Gasteiger partial charge on any atom is 0.159 e. The van der Waals surface area contributed by atoms with Gasteiger partial charge in [-0.1, -0.05) is 82.6 Å². The van der Waals surface area contributed by atoms with Gasteiger partial charge in [0.1, 0.15) is 5.75 Å². The maximum absolute atomic E-state index is 5.89. The summed E-state index contributed by atoms with van der Waals surface area (Å²) in [5.74, 6) is 2.41. The van der Waals surface area contributed by atoms with E-state index in [1.165, 1.54) is 75.3 Å². The molecule has 1 heterocycles. The third-order valence-corrected chi connectivity index (χ3v) is 6.85. The van der Waals surface area contributed by atoms with E-state index < -0.39 is 0 Å². The van der Waals surface area contributed by atoms with Gasteiger partial charge in [0, 0.05) is 23.5 Å². The van der Waals surface area contributed by atoms with Crippen LogP contribution < -0.4 is 4.74 Å². The molecule has 3 heteroatoms. The Balaban J connectivity index is 1.29. The topological polar surface area (TPSA) is 35.0 Å². The van der Waals surface area contributed by atoms with E-state index in [0.717, 1.165) is 41.6 Å². The molecule has 1 fully saturated rings. The minimum Gasteiger partial charge on any atom is -0.494 e. The van der Waals surface area contributed by atoms with E-state index in [0.29, 0.717) is 0 Å². The molecule has 1 aliphatic carbocycles. The summed E-state index contributed by atoms with van der Waals surface area (Å²) >= 11 is 0. The first kappa shape index (κ1) is 23.5. The Morgan fingerprint density at radius 1 is 0.697 bits per heavy atom. The van der Waals surface area contributed by atoms with Crippen LogP contribution in [0.15, 0.2) is 60.9 Å². The molecule has 0 saturated heterocycles. The third-order valence-electron chi connectivity index (χ3n) is 6.85. The Hall–Kier alpha value is -2.68. The number of hydrogen-bond acceptors (Lipinski definition) is 3. The van der Waals surface area contributed by atoms with E-state index in [4.69, 9.17) is 4.74 Å². The minimum absolute atomic E-state index is 0.740. The van der Waals surface area contributed by atoms with Crippen LogP contribution >= 0.6 is 0 Å². The van der Waals surface area contributed by atoms with Gasteiger partial charge >= 0.3 is 0 Å². The Labute approximate surface area is 199 Å². The molecular formula is C30H38N2O. The van der Waals surface area contributed by atoms with E-state index in [1.807, 2.05) is 36.7 Å². The van der Waals surface area contributed by atoms with Crippen LogP contribution in [0.4, 0.5) is 0 Å². The lowest BCUT2D eigenvalue weighted by Gasteiger charge is -2.22. The molecule has 0 aliphatic heterocycles. The molecule has 3 nitrogen and oxygen atoms in total. The number of rotatable bonds is 11. The zero-order valence-electron chi connectivity index (χ0n) is 20.1. The van der Waals surface area contributed by atoms with Gasteiger partial charge in [-0.2, -0.15) is 0 Å². The molecule has 3 aromatic rings. The first-order chi connectivity index (χ1) is 16.3. The predicted molar refractivity (Wildman–Crippen MR) is 138 cm³/mol. The molecule has 2 aromatic carbocycles. The predicted octanol–water partition coefficient (Wildman–Crippen LogP) is 8.60. The molecule has 4 rings (SSSR count). The highest BCUT2D eigenvalue weighted by molar-refractivity contribution is 5.64. The van der Waals surface area contributed by atoms with Gasteiger partial charge in [-0.25, -0.2) is 9.97 Å². The maximum atomic E-state index is 5.89. The molecule has 0 radical (unpaired) electrons. The molecule has 1 aliphatic rings. The van der Waals surface area contributed by atoms with Crippen molar-refractivity contribution in [2.75, 3.05) is 6.61 Å². The van der Waals surface area contributed by atoms with E-state index in [-0.39, 0.29) is 0 Å². The van der Waals surface area contributed by atoms with Gasteiger partial charge in [-0.3, -0.25) is 0 Å². The van der Waals surface area contributed by atoms with Crippen LogP contribution in [0.5, 0.6) is 5.75 Å². The van der Waals surface area contributed by atoms with Crippen molar-refractivity contribution in [2.24, 2.45) is 0 Å². The Morgan fingerprint density at radius 2 is 1.33 bits per heavy atom. The number of nitrogens with zero attached hydrogens (tertiary/aromatic N) is 2. The smallest absolute Gasteiger partial charge is 0.159 e. The monoisotopic (exact) mass is 442 g/mol. The number of unbranched alkanes of at least 4 members (excludes halogenated alkanes) is 5. The number of aromatic nitrogens is 2. The lowest BCUT2D eigenvalue weighted by atomic mass is 9.84. The van der Waals surface area contributed by atoms with Crippen molar-refractivity contribution in [1.29, 1.82) is 0 Å². The summed E-state index contributed by atoms with van der Waals surface area (Å²) in [5, 5.41) is 0. The fraction of sp³-hybridized carbons (Fsp3) is 0.467. The number of ether oxygens (including phenoxy) is 1. The summed E-state index contributed by atoms with van der Waals surface area (Å²) in [6, 6.07) is 17.2. The van der Waals surface area contributed by atoms with Crippen molar-refractivity contribution in [3.05, 3.63) is 66.5 Å². The standard InChI is InChI=1S/C30H38N2O/c1-2-3-4-5-6-10-21-33-29-19-17-27(18-20-29)30-31-22-28(23-32-30)26-15-13-25(14-16-26)24-11-8-7-9-12-24/h13-20,22-24H,2-12,21H2,1H3. The molecule has 33 heavy (non-hydrogen) atoms. The zero-order chi connectivity index (χ0) is 22.7. The Kier molecular flexibility index (Phi) is 8.91. The highest BCUT2D eigenvalue weighted by atomic mass is 16.5. The van der Waals surface area contributed by atoms with Crippen molar-refractivity contribution in [1.82, 2.24) is 9.97 Å². The van der Waals surface area contributed by atoms with Crippen LogP contribution in [0, 0.1) is 0 Å². The van der Waals surface area contributed by atoms with Gasteiger partial charge < -0.3 is 4.74 Å². The third kappa shape index (κ3) is 6.90. The fourth-order valence-electron chi connectivity index (χ4n) is 4.78. The molecule has 1 saturated carbocycles. The van der Waals surface area contributed by atoms with Crippen molar-refractivity contribution in [3.63, 3.8) is 0 Å². The fourth-order valence-corrected chi connectivity index (χ4v) is 4.78. The van der Waals surface area contributed by atoms with Crippen LogP contribution in [-0.4, -0.2) is 16.6 Å². The lowest BCUT2D eigenvalue weighted by molar-refractivity contribution is 0.304. The lowest BCUT2D eigenvalue weighted by Crippen LogP contribution is -2.04. The van der Waals surface area contributed by atoms with Crippen LogP contribution in [-0.2, 0) is 0 Å². The van der Waals surface area contributed by atoms with Crippen LogP contribution in [0.25, 0.3) is 22.5 Å². The summed E-state index contributed by atoms with van der Waals surface area (Å²) in [6.45, 7) is 3.04. The highest BCUT2D eigenvalue weighted by Gasteiger charge is 2.15. The molecular weight excluding hydrogens is 404 g/mol. The van der Waals surface area contributed by atoms with E-state index >= 15 is 0 Å². The first-order valence-corrected chi connectivity index (χ1v) is 13.0. The first-order valence-electron chi connectivity index (χ1n) is 13.0. The molecule has 0 N–H and O–H groups in total. The second-order valence-corrected chi connectivity index (χ2v) is 9.39. The second kappa shape index (κ2) is 12.5. The van der Waals surface area contributed by atoms with Gasteiger partial charge in [0.25, 0.3) is 0 Å². The number of benzene rings is 2. The quantitative estimate of drug-likeness (QED) is 0.279. The van der Waals surface area contributed by atoms with E-state index in [9.17, 15) is 0 Å². The average molecular weight is 443 g/mol. The molecule has 1 aromatic heterocycles. The van der Waals surface area contributed by atoms with Crippen molar-refractivity contribution < 1.29 is 4.74 Å². The van der Waals surface area contributed by atoms with Crippen LogP contribution in [0.3, 0.4) is 0 Å². The Morgan fingerprint density at radius 3 is 2.03 bits per heavy atom. The molecule has 0 amide bonds. The summed E-state index contributed by atoms with van der Waals surface area (Å²) < 4.78 is 5.89. The average Bonchev–Trinajstić information content (AvgIpc) is 2.89. The van der Waals surface area contributed by atoms with Crippen LogP contribution in [0.1, 0.15) is 89.0 Å². The van der Waals surface area contributed by atoms with Gasteiger partial charge in [0.15, 0.2) is 5.82 Å². The van der Waals surface area contributed by atoms with Gasteiger partial charge in [-0.05, 0) is 60.6 Å². The normalized spacial score (nSPS) is 14.3. The molecule has 0 atom stereocenters. The van der Waals surface area contributed by atoms with Crippen molar-refractivity contribution in [3.8, 4) is 28.3 Å². The SMILES string of the molecule is CCCCCCCCOc1ccc(-c2ncc(-c3ccc(C4CCCCC4)cc3)cn2)cc1. The van der Waals surface area contributed by atoms with Gasteiger partial charge in [0.2, 0.25) is 0 Å². The number of hydrogen-bond donors (Lipinski definition) is 0. The Bertz CT molecular complexity index is 942. The summed E-state index contributed by atoms with van der Waals surface area (Å²) in [7, 11) is 0. The van der Waals surface area contributed by atoms with E-state index in [1.54, 1.807) is 0 Å². The molecule has 0 unspecified atom stereocenters. The van der Waals surface area contributed by atoms with Crippen molar-refractivity contribution >= 4 is 0 Å². The summed E-state index contributed by atoms with van der Waals surface area (Å²) in [4.78, 5) is 9.25. The summed E-state index contributed by atoms with van der Waals surface area (Å²) in [6.07, 6.45) is 18.3. The van der Waals surface area contributed by atoms with Gasteiger partial charge in [0.05, 0.1) is 6.61 Å². The van der Waals surface area contributed by atoms with Gasteiger partial charge in [-0.15, -0.1) is 0 Å². The highest BCUT2D eigenvalue weighted by Crippen LogP contribution is 2.33. The zero-order valence-corrected chi connectivity index (χ0v) is 20.1. The summed E-state index contributed by atoms with van der Waals surface area (Å²) in [5.41, 5.74) is 4.74. The molecule has 0 spiro atoms. The van der Waals surface area contributed by atoms with Crippen molar-refractivity contribution in [2.45, 2.75) is 83.5 Å². The second-order valence-electron chi connectivity index (χ2n) is 9.39. The largest absolute Gasteiger partial charge is 0.494 e. The molecule has 174 valence electrons. The van der Waals surface area contributed by atoms with Crippen LogP contribution in [0.2, 0.25) is 0 Å². The molecule has 0 bridgehead atoms. The minimum atomic E-state index is 0.740.